The summed E-state index contributed by atoms with van der Waals surface area (Å²) in [7, 11) is 0. The number of rotatable bonds is 5. The van der Waals surface area contributed by atoms with Crippen molar-refractivity contribution in [3.8, 4) is 11.8 Å². The minimum absolute atomic E-state index is 0.429. The van der Waals surface area contributed by atoms with Crippen LogP contribution in [-0.2, 0) is 0 Å². The molecule has 0 saturated carbocycles. The van der Waals surface area contributed by atoms with E-state index in [0.29, 0.717) is 29.0 Å². The van der Waals surface area contributed by atoms with Crippen LogP contribution < -0.4 is 10.1 Å². The summed E-state index contributed by atoms with van der Waals surface area (Å²) < 4.78 is 5.49. The Kier molecular flexibility index (Phi) is 5.10. The van der Waals surface area contributed by atoms with Gasteiger partial charge < -0.3 is 10.1 Å². The maximum atomic E-state index is 8.87. The number of nitriles is 1. The third-order valence-electron chi connectivity index (χ3n) is 1.98. The topological polar surface area (TPSA) is 45.0 Å². The summed E-state index contributed by atoms with van der Waals surface area (Å²) in [5.74, 6) is 0.542. The fourth-order valence-electron chi connectivity index (χ4n) is 1.22. The molecule has 0 amide bonds. The van der Waals surface area contributed by atoms with Crippen LogP contribution in [0.5, 0.6) is 5.75 Å². The highest BCUT2D eigenvalue weighted by molar-refractivity contribution is 6.30. The van der Waals surface area contributed by atoms with Gasteiger partial charge in [-0.2, -0.15) is 5.26 Å². The maximum absolute atomic E-state index is 8.87. The highest BCUT2D eigenvalue weighted by Gasteiger charge is 2.03. The standard InChI is InChI=1S/C12H15ClN2O/c1-9(2)15-5-6-16-12-7-11(13)4-3-10(12)8-14/h3-4,7,9,15H,5-6H2,1-2H3. The number of hydrogen-bond acceptors (Lipinski definition) is 3. The summed E-state index contributed by atoms with van der Waals surface area (Å²) in [5.41, 5.74) is 0.508. The van der Waals surface area contributed by atoms with Crippen LogP contribution in [0, 0.1) is 11.3 Å². The van der Waals surface area contributed by atoms with Gasteiger partial charge in [0.05, 0.1) is 5.56 Å². The fourth-order valence-corrected chi connectivity index (χ4v) is 1.38. The summed E-state index contributed by atoms with van der Waals surface area (Å²) in [6, 6.07) is 7.50. The average molecular weight is 239 g/mol. The SMILES string of the molecule is CC(C)NCCOc1cc(Cl)ccc1C#N. The molecular formula is C12H15ClN2O. The summed E-state index contributed by atoms with van der Waals surface area (Å²) in [5, 5.41) is 12.7. The third-order valence-corrected chi connectivity index (χ3v) is 2.21. The van der Waals surface area contributed by atoms with E-state index in [2.05, 4.69) is 25.2 Å². The lowest BCUT2D eigenvalue weighted by molar-refractivity contribution is 0.308. The van der Waals surface area contributed by atoms with Crippen LogP contribution in [0.25, 0.3) is 0 Å². The number of halogens is 1. The first-order valence-corrected chi connectivity index (χ1v) is 5.57. The molecule has 1 N–H and O–H groups in total. The lowest BCUT2D eigenvalue weighted by Gasteiger charge is -2.10. The van der Waals surface area contributed by atoms with E-state index >= 15 is 0 Å². The molecule has 4 heteroatoms. The van der Waals surface area contributed by atoms with E-state index in [1.54, 1.807) is 18.2 Å². The van der Waals surface area contributed by atoms with Gasteiger partial charge in [0.25, 0.3) is 0 Å². The predicted molar refractivity (Wildman–Crippen MR) is 64.8 cm³/mol. The Hall–Kier alpha value is -1.24. The van der Waals surface area contributed by atoms with Crippen LogP contribution in [-0.4, -0.2) is 19.2 Å². The quantitative estimate of drug-likeness (QED) is 0.802. The number of nitrogens with one attached hydrogen (secondary N) is 1. The number of hydrogen-bond donors (Lipinski definition) is 1. The van der Waals surface area contributed by atoms with Crippen LogP contribution >= 0.6 is 11.6 Å². The van der Waals surface area contributed by atoms with Crippen molar-refractivity contribution in [3.05, 3.63) is 28.8 Å². The second-order valence-corrected chi connectivity index (χ2v) is 4.15. The molecule has 0 unspecified atom stereocenters. The Balaban J connectivity index is 2.53. The lowest BCUT2D eigenvalue weighted by Crippen LogP contribution is -2.27. The first kappa shape index (κ1) is 12.8. The molecule has 0 radical (unpaired) electrons. The number of nitrogens with zero attached hydrogens (tertiary/aromatic N) is 1. The molecule has 0 fully saturated rings. The zero-order chi connectivity index (χ0) is 12.0. The van der Waals surface area contributed by atoms with Gasteiger partial charge in [-0.25, -0.2) is 0 Å². The summed E-state index contributed by atoms with van der Waals surface area (Å²) in [4.78, 5) is 0. The van der Waals surface area contributed by atoms with Crippen molar-refractivity contribution in [2.75, 3.05) is 13.2 Å². The lowest BCUT2D eigenvalue weighted by atomic mass is 10.2. The largest absolute Gasteiger partial charge is 0.491 e. The van der Waals surface area contributed by atoms with Crippen LogP contribution in [0.1, 0.15) is 19.4 Å². The number of ether oxygens (including phenoxy) is 1. The molecule has 1 aromatic carbocycles. The predicted octanol–water partition coefficient (Wildman–Crippen LogP) is 2.59. The van der Waals surface area contributed by atoms with Crippen LogP contribution in [0.15, 0.2) is 18.2 Å². The molecule has 0 aliphatic rings. The fraction of sp³-hybridized carbons (Fsp3) is 0.417. The molecule has 0 spiro atoms. The molecule has 0 heterocycles. The van der Waals surface area contributed by atoms with Crippen molar-refractivity contribution < 1.29 is 4.74 Å². The average Bonchev–Trinajstić information content (AvgIpc) is 2.24. The van der Waals surface area contributed by atoms with E-state index in [0.717, 1.165) is 6.54 Å². The monoisotopic (exact) mass is 238 g/mol. The molecule has 1 aromatic rings. The van der Waals surface area contributed by atoms with E-state index in [1.165, 1.54) is 0 Å². The molecular weight excluding hydrogens is 224 g/mol. The van der Waals surface area contributed by atoms with Gasteiger partial charge in [0.2, 0.25) is 0 Å². The van der Waals surface area contributed by atoms with E-state index in [9.17, 15) is 0 Å². The van der Waals surface area contributed by atoms with Crippen LogP contribution in [0.2, 0.25) is 5.02 Å². The second kappa shape index (κ2) is 6.37. The molecule has 0 aliphatic heterocycles. The van der Waals surface area contributed by atoms with Crippen molar-refractivity contribution in [3.63, 3.8) is 0 Å². The zero-order valence-electron chi connectivity index (χ0n) is 9.46. The van der Waals surface area contributed by atoms with Gasteiger partial charge in [0, 0.05) is 23.7 Å². The van der Waals surface area contributed by atoms with E-state index < -0.39 is 0 Å². The minimum Gasteiger partial charge on any atom is -0.491 e. The smallest absolute Gasteiger partial charge is 0.138 e. The van der Waals surface area contributed by atoms with Crippen LogP contribution in [0.3, 0.4) is 0 Å². The van der Waals surface area contributed by atoms with Crippen LogP contribution in [0.4, 0.5) is 0 Å². The highest BCUT2D eigenvalue weighted by atomic mass is 35.5. The molecule has 0 aromatic heterocycles. The zero-order valence-corrected chi connectivity index (χ0v) is 10.2. The van der Waals surface area contributed by atoms with Gasteiger partial charge >= 0.3 is 0 Å². The van der Waals surface area contributed by atoms with Gasteiger partial charge in [-0.1, -0.05) is 25.4 Å². The summed E-state index contributed by atoms with van der Waals surface area (Å²) in [6.45, 7) is 5.41. The molecule has 0 saturated heterocycles. The Morgan fingerprint density at radius 1 is 1.50 bits per heavy atom. The van der Waals surface area contributed by atoms with Gasteiger partial charge in [-0.05, 0) is 12.1 Å². The molecule has 0 bridgehead atoms. The van der Waals surface area contributed by atoms with Gasteiger partial charge in [0.1, 0.15) is 18.4 Å². The highest BCUT2D eigenvalue weighted by Crippen LogP contribution is 2.22. The van der Waals surface area contributed by atoms with E-state index in [-0.39, 0.29) is 0 Å². The maximum Gasteiger partial charge on any atom is 0.138 e. The van der Waals surface area contributed by atoms with Crippen molar-refractivity contribution >= 4 is 11.6 Å². The van der Waals surface area contributed by atoms with E-state index in [1.807, 2.05) is 0 Å². The molecule has 0 aliphatic carbocycles. The van der Waals surface area contributed by atoms with Crippen molar-refractivity contribution in [1.29, 1.82) is 5.26 Å². The Morgan fingerprint density at radius 3 is 2.88 bits per heavy atom. The number of benzene rings is 1. The first-order chi connectivity index (χ1) is 7.63. The van der Waals surface area contributed by atoms with Gasteiger partial charge in [0.15, 0.2) is 0 Å². The molecule has 86 valence electrons. The first-order valence-electron chi connectivity index (χ1n) is 5.19. The Bertz CT molecular complexity index is 385. The molecule has 16 heavy (non-hydrogen) atoms. The van der Waals surface area contributed by atoms with Crippen molar-refractivity contribution in [2.24, 2.45) is 0 Å². The van der Waals surface area contributed by atoms with Gasteiger partial charge in [-0.3, -0.25) is 0 Å². The normalized spacial score (nSPS) is 10.2. The molecule has 3 nitrogen and oxygen atoms in total. The van der Waals surface area contributed by atoms with Crippen molar-refractivity contribution in [2.45, 2.75) is 19.9 Å². The minimum atomic E-state index is 0.429. The molecule has 0 atom stereocenters. The van der Waals surface area contributed by atoms with Crippen molar-refractivity contribution in [1.82, 2.24) is 5.32 Å². The third kappa shape index (κ3) is 4.09. The summed E-state index contributed by atoms with van der Waals surface area (Å²) >= 11 is 5.83. The van der Waals surface area contributed by atoms with E-state index in [4.69, 9.17) is 21.6 Å². The Labute approximate surface area is 101 Å². The Morgan fingerprint density at radius 2 is 2.25 bits per heavy atom. The summed E-state index contributed by atoms with van der Waals surface area (Å²) in [6.07, 6.45) is 0. The van der Waals surface area contributed by atoms with Gasteiger partial charge in [-0.15, -0.1) is 0 Å². The molecule has 1 rings (SSSR count). The second-order valence-electron chi connectivity index (χ2n) is 3.71.